The van der Waals surface area contributed by atoms with Gasteiger partial charge in [-0.25, -0.2) is 4.68 Å². The molecule has 4 nitrogen and oxygen atoms in total. The van der Waals surface area contributed by atoms with Crippen LogP contribution in [0.2, 0.25) is 15.1 Å². The molecule has 0 atom stereocenters. The average molecular weight is 398 g/mol. The monoisotopic (exact) mass is 396 g/mol. The predicted octanol–water partition coefficient (Wildman–Crippen LogP) is 5.30. The topological polar surface area (TPSA) is 35.1 Å². The first kappa shape index (κ1) is 17.2. The number of hydrogen-bond donors (Lipinski definition) is 0. The lowest BCUT2D eigenvalue weighted by atomic mass is 10.2. The van der Waals surface area contributed by atoms with Crippen LogP contribution in [-0.2, 0) is 6.54 Å². The van der Waals surface area contributed by atoms with Gasteiger partial charge in [-0.3, -0.25) is 0 Å². The molecule has 0 amide bonds. The van der Waals surface area contributed by atoms with E-state index in [1.165, 1.54) is 4.68 Å². The van der Waals surface area contributed by atoms with Crippen LogP contribution in [0.15, 0.2) is 53.9 Å². The number of nitrogens with zero attached hydrogens (tertiary/aromatic N) is 4. The van der Waals surface area contributed by atoms with E-state index in [9.17, 15) is 0 Å². The van der Waals surface area contributed by atoms with Gasteiger partial charge in [-0.15, -0.1) is 0 Å². The molecule has 122 valence electrons. The highest BCUT2D eigenvalue weighted by atomic mass is 35.5. The Bertz CT molecular complexity index is 962. The summed E-state index contributed by atoms with van der Waals surface area (Å²) in [5.41, 5.74) is 1.67. The zero-order valence-electron chi connectivity index (χ0n) is 12.2. The summed E-state index contributed by atoms with van der Waals surface area (Å²) in [5.74, 6) is 0. The Hall–Kier alpha value is -1.66. The van der Waals surface area contributed by atoms with Crippen molar-refractivity contribution in [2.45, 2.75) is 6.54 Å². The first-order valence-electron chi connectivity index (χ1n) is 6.92. The van der Waals surface area contributed by atoms with Gasteiger partial charge in [-0.2, -0.15) is 14.9 Å². The third-order valence-electron chi connectivity index (χ3n) is 3.28. The van der Waals surface area contributed by atoms with E-state index in [1.54, 1.807) is 35.4 Å². The first-order valence-corrected chi connectivity index (χ1v) is 8.46. The van der Waals surface area contributed by atoms with Crippen molar-refractivity contribution in [1.29, 1.82) is 0 Å². The van der Waals surface area contributed by atoms with Crippen molar-refractivity contribution in [2.24, 2.45) is 5.10 Å². The molecule has 0 aliphatic carbocycles. The average Bonchev–Trinajstić information content (AvgIpc) is 2.89. The summed E-state index contributed by atoms with van der Waals surface area (Å²) in [6, 6.07) is 12.7. The fourth-order valence-electron chi connectivity index (χ4n) is 2.03. The summed E-state index contributed by atoms with van der Waals surface area (Å²) >= 11 is 23.6. The molecule has 1 heterocycles. The van der Waals surface area contributed by atoms with Gasteiger partial charge >= 0.3 is 0 Å². The lowest BCUT2D eigenvalue weighted by molar-refractivity contribution is 0.666. The van der Waals surface area contributed by atoms with Gasteiger partial charge in [-0.05, 0) is 36.0 Å². The van der Waals surface area contributed by atoms with E-state index in [0.29, 0.717) is 26.4 Å². The fraction of sp³-hybridized carbons (Fsp3) is 0.0625. The molecule has 3 rings (SSSR count). The van der Waals surface area contributed by atoms with E-state index >= 15 is 0 Å². The standard InChI is InChI=1S/C16H11Cl3N4S/c17-13-6-5-11(15(19)7-13)8-20-23-10-21-22(16(23)24)9-12-3-1-2-4-14(12)18/h1-8,10H,9H2/b20-8+. The Balaban J connectivity index is 1.84. The minimum absolute atomic E-state index is 0.455. The molecule has 3 aromatic rings. The van der Waals surface area contributed by atoms with Crippen LogP contribution in [0.4, 0.5) is 0 Å². The second-order valence-corrected chi connectivity index (χ2v) is 6.53. The Morgan fingerprint density at radius 1 is 1.08 bits per heavy atom. The van der Waals surface area contributed by atoms with E-state index in [1.807, 2.05) is 24.3 Å². The number of halogens is 3. The van der Waals surface area contributed by atoms with E-state index in [0.717, 1.165) is 11.1 Å². The highest BCUT2D eigenvalue weighted by Crippen LogP contribution is 2.19. The highest BCUT2D eigenvalue weighted by Gasteiger charge is 2.05. The summed E-state index contributed by atoms with van der Waals surface area (Å²) in [5, 5.41) is 10.3. The van der Waals surface area contributed by atoms with Crippen molar-refractivity contribution < 1.29 is 0 Å². The van der Waals surface area contributed by atoms with Gasteiger partial charge in [0.05, 0.1) is 17.8 Å². The normalized spacial score (nSPS) is 11.3. The summed E-state index contributed by atoms with van der Waals surface area (Å²) in [6.07, 6.45) is 3.15. The Morgan fingerprint density at radius 3 is 2.62 bits per heavy atom. The van der Waals surface area contributed by atoms with Gasteiger partial charge in [0, 0.05) is 15.6 Å². The van der Waals surface area contributed by atoms with Gasteiger partial charge in [0.1, 0.15) is 6.33 Å². The summed E-state index contributed by atoms with van der Waals surface area (Å²) in [6.45, 7) is 0.475. The van der Waals surface area contributed by atoms with Crippen molar-refractivity contribution in [3.8, 4) is 0 Å². The molecule has 0 spiro atoms. The molecule has 2 aromatic carbocycles. The van der Waals surface area contributed by atoms with Crippen molar-refractivity contribution in [1.82, 2.24) is 14.5 Å². The largest absolute Gasteiger partial charge is 0.232 e. The van der Waals surface area contributed by atoms with E-state index in [4.69, 9.17) is 47.0 Å². The number of hydrogen-bond acceptors (Lipinski definition) is 3. The van der Waals surface area contributed by atoms with Crippen molar-refractivity contribution >= 4 is 53.2 Å². The second-order valence-electron chi connectivity index (χ2n) is 4.92. The van der Waals surface area contributed by atoms with Crippen LogP contribution in [0.3, 0.4) is 0 Å². The summed E-state index contributed by atoms with van der Waals surface area (Å²) in [4.78, 5) is 0. The molecule has 0 aliphatic rings. The molecule has 0 saturated carbocycles. The lowest BCUT2D eigenvalue weighted by Crippen LogP contribution is -2.03. The van der Waals surface area contributed by atoms with Crippen molar-refractivity contribution in [2.75, 3.05) is 0 Å². The molecular formula is C16H11Cl3N4S. The third-order valence-corrected chi connectivity index (χ3v) is 4.61. The highest BCUT2D eigenvalue weighted by molar-refractivity contribution is 7.71. The number of aromatic nitrogens is 3. The van der Waals surface area contributed by atoms with Crippen LogP contribution in [0.5, 0.6) is 0 Å². The molecule has 0 unspecified atom stereocenters. The Morgan fingerprint density at radius 2 is 1.88 bits per heavy atom. The molecule has 0 aliphatic heterocycles. The van der Waals surface area contributed by atoms with Gasteiger partial charge in [0.2, 0.25) is 4.77 Å². The van der Waals surface area contributed by atoms with Crippen LogP contribution >= 0.6 is 47.0 Å². The molecule has 0 N–H and O–H groups in total. The molecule has 0 bridgehead atoms. The molecular weight excluding hydrogens is 387 g/mol. The zero-order chi connectivity index (χ0) is 17.1. The number of rotatable bonds is 4. The molecule has 0 fully saturated rings. The predicted molar refractivity (Wildman–Crippen MR) is 101 cm³/mol. The molecule has 24 heavy (non-hydrogen) atoms. The van der Waals surface area contributed by atoms with E-state index in [2.05, 4.69) is 10.2 Å². The maximum atomic E-state index is 6.17. The SMILES string of the molecule is S=c1n(/N=C/c2ccc(Cl)cc2Cl)cnn1Cc1ccccc1Cl. The van der Waals surface area contributed by atoms with E-state index in [-0.39, 0.29) is 0 Å². The maximum absolute atomic E-state index is 6.17. The van der Waals surface area contributed by atoms with Gasteiger partial charge in [-0.1, -0.05) is 59.1 Å². The van der Waals surface area contributed by atoms with Crippen LogP contribution in [0.25, 0.3) is 0 Å². The molecule has 0 saturated heterocycles. The number of benzene rings is 2. The minimum Gasteiger partial charge on any atom is -0.232 e. The van der Waals surface area contributed by atoms with Crippen molar-refractivity contribution in [3.63, 3.8) is 0 Å². The smallest absolute Gasteiger partial charge is 0.219 e. The molecule has 1 aromatic heterocycles. The minimum atomic E-state index is 0.455. The summed E-state index contributed by atoms with van der Waals surface area (Å²) in [7, 11) is 0. The summed E-state index contributed by atoms with van der Waals surface area (Å²) < 4.78 is 3.60. The van der Waals surface area contributed by atoms with Gasteiger partial charge < -0.3 is 0 Å². The first-order chi connectivity index (χ1) is 11.5. The zero-order valence-corrected chi connectivity index (χ0v) is 15.3. The maximum Gasteiger partial charge on any atom is 0.219 e. The van der Waals surface area contributed by atoms with Crippen LogP contribution in [0.1, 0.15) is 11.1 Å². The van der Waals surface area contributed by atoms with Gasteiger partial charge in [0.15, 0.2) is 0 Å². The Labute approximate surface area is 158 Å². The van der Waals surface area contributed by atoms with Gasteiger partial charge in [0.25, 0.3) is 0 Å². The van der Waals surface area contributed by atoms with Crippen LogP contribution < -0.4 is 0 Å². The molecule has 0 radical (unpaired) electrons. The van der Waals surface area contributed by atoms with Crippen LogP contribution in [0, 0.1) is 4.77 Å². The van der Waals surface area contributed by atoms with E-state index < -0.39 is 0 Å². The fourth-order valence-corrected chi connectivity index (χ4v) is 2.89. The Kier molecular flexibility index (Phi) is 5.36. The molecule has 8 heteroatoms. The van der Waals surface area contributed by atoms with Crippen LogP contribution in [-0.4, -0.2) is 20.7 Å². The van der Waals surface area contributed by atoms with Crippen molar-refractivity contribution in [3.05, 3.63) is 79.8 Å². The lowest BCUT2D eigenvalue weighted by Gasteiger charge is -2.03. The quantitative estimate of drug-likeness (QED) is 0.442. The second kappa shape index (κ2) is 7.49. The third kappa shape index (κ3) is 3.87.